The van der Waals surface area contributed by atoms with Gasteiger partial charge in [-0.1, -0.05) is 18.1 Å². The van der Waals surface area contributed by atoms with Gasteiger partial charge in [0.25, 0.3) is 0 Å². The van der Waals surface area contributed by atoms with Crippen molar-refractivity contribution in [3.05, 3.63) is 36.1 Å². The zero-order valence-electron chi connectivity index (χ0n) is 10.8. The lowest BCUT2D eigenvalue weighted by molar-refractivity contribution is -0.116. The minimum absolute atomic E-state index is 0.117. The standard InChI is InChI=1S/C13H16N4O2/c1-2-5-11-16-13(19-17-11)8-7-12(18)15-10-6-3-4-9-14-10/h3-4,6,9H,2,5,7-8H2,1H3,(H,14,15,18). The molecule has 0 aromatic carbocycles. The molecule has 0 aliphatic carbocycles. The van der Waals surface area contributed by atoms with E-state index >= 15 is 0 Å². The Morgan fingerprint density at radius 2 is 2.26 bits per heavy atom. The summed E-state index contributed by atoms with van der Waals surface area (Å²) in [7, 11) is 0. The number of carbonyl (C=O) groups excluding carboxylic acids is 1. The molecule has 6 heteroatoms. The number of aryl methyl sites for hydroxylation is 2. The van der Waals surface area contributed by atoms with E-state index in [9.17, 15) is 4.79 Å². The van der Waals surface area contributed by atoms with E-state index < -0.39 is 0 Å². The van der Waals surface area contributed by atoms with Gasteiger partial charge in [-0.3, -0.25) is 4.79 Å². The smallest absolute Gasteiger partial charge is 0.227 e. The Morgan fingerprint density at radius 3 is 3.00 bits per heavy atom. The molecule has 2 heterocycles. The van der Waals surface area contributed by atoms with E-state index in [0.29, 0.717) is 30.4 Å². The maximum Gasteiger partial charge on any atom is 0.227 e. The molecule has 2 aromatic heterocycles. The molecule has 0 saturated carbocycles. The number of aromatic nitrogens is 3. The van der Waals surface area contributed by atoms with Gasteiger partial charge in [0.2, 0.25) is 11.8 Å². The molecule has 0 fully saturated rings. The summed E-state index contributed by atoms with van der Waals surface area (Å²) in [5, 5.41) is 6.54. The van der Waals surface area contributed by atoms with Gasteiger partial charge in [-0.05, 0) is 18.6 Å². The predicted molar refractivity (Wildman–Crippen MR) is 69.5 cm³/mol. The molecule has 0 unspecified atom stereocenters. The second kappa shape index (κ2) is 6.63. The van der Waals surface area contributed by atoms with E-state index in [-0.39, 0.29) is 5.91 Å². The molecule has 2 aromatic rings. The van der Waals surface area contributed by atoms with Gasteiger partial charge in [0.05, 0.1) is 0 Å². The Morgan fingerprint density at radius 1 is 1.37 bits per heavy atom. The zero-order valence-corrected chi connectivity index (χ0v) is 10.8. The molecular formula is C13H16N4O2. The molecular weight excluding hydrogens is 244 g/mol. The molecule has 0 aliphatic heterocycles. The van der Waals surface area contributed by atoms with Crippen molar-refractivity contribution in [2.24, 2.45) is 0 Å². The van der Waals surface area contributed by atoms with Crippen molar-refractivity contribution in [1.29, 1.82) is 0 Å². The Labute approximate surface area is 111 Å². The van der Waals surface area contributed by atoms with Crippen molar-refractivity contribution in [3.8, 4) is 0 Å². The van der Waals surface area contributed by atoms with Gasteiger partial charge in [-0.25, -0.2) is 4.98 Å². The summed E-state index contributed by atoms with van der Waals surface area (Å²) in [5.41, 5.74) is 0. The fourth-order valence-corrected chi connectivity index (χ4v) is 1.58. The largest absolute Gasteiger partial charge is 0.339 e. The van der Waals surface area contributed by atoms with Gasteiger partial charge in [0.15, 0.2) is 5.82 Å². The van der Waals surface area contributed by atoms with E-state index in [1.54, 1.807) is 18.3 Å². The Kier molecular flexibility index (Phi) is 4.60. The quantitative estimate of drug-likeness (QED) is 0.859. The third-order valence-electron chi connectivity index (χ3n) is 2.48. The number of amides is 1. The number of hydrogen-bond donors (Lipinski definition) is 1. The fraction of sp³-hybridized carbons (Fsp3) is 0.385. The molecule has 0 bridgehead atoms. The second-order valence-electron chi connectivity index (χ2n) is 4.12. The first kappa shape index (κ1) is 13.2. The summed E-state index contributed by atoms with van der Waals surface area (Å²) < 4.78 is 5.06. The summed E-state index contributed by atoms with van der Waals surface area (Å²) >= 11 is 0. The van der Waals surface area contributed by atoms with Crippen LogP contribution in [-0.2, 0) is 17.6 Å². The number of carbonyl (C=O) groups is 1. The average Bonchev–Trinajstić information content (AvgIpc) is 2.86. The summed E-state index contributed by atoms with van der Waals surface area (Å²) in [6, 6.07) is 5.35. The van der Waals surface area contributed by atoms with Crippen molar-refractivity contribution in [2.75, 3.05) is 5.32 Å². The Bertz CT molecular complexity index is 524. The molecule has 0 aliphatic rings. The van der Waals surface area contributed by atoms with Crippen molar-refractivity contribution >= 4 is 11.7 Å². The topological polar surface area (TPSA) is 80.9 Å². The highest BCUT2D eigenvalue weighted by molar-refractivity contribution is 5.89. The predicted octanol–water partition coefficient (Wildman–Crippen LogP) is 1.99. The first-order valence-electron chi connectivity index (χ1n) is 6.30. The minimum Gasteiger partial charge on any atom is -0.339 e. The van der Waals surface area contributed by atoms with Gasteiger partial charge in [0.1, 0.15) is 5.82 Å². The zero-order chi connectivity index (χ0) is 13.5. The van der Waals surface area contributed by atoms with Crippen LogP contribution in [0.5, 0.6) is 0 Å². The molecule has 0 radical (unpaired) electrons. The van der Waals surface area contributed by atoms with Crippen LogP contribution in [0.2, 0.25) is 0 Å². The lowest BCUT2D eigenvalue weighted by Gasteiger charge is -2.01. The highest BCUT2D eigenvalue weighted by atomic mass is 16.5. The monoisotopic (exact) mass is 260 g/mol. The lowest BCUT2D eigenvalue weighted by atomic mass is 10.3. The minimum atomic E-state index is -0.117. The summed E-state index contributed by atoms with van der Waals surface area (Å²) in [4.78, 5) is 19.9. The molecule has 1 amide bonds. The van der Waals surface area contributed by atoms with Crippen LogP contribution in [0.1, 0.15) is 31.5 Å². The summed E-state index contributed by atoms with van der Waals surface area (Å²) in [5.74, 6) is 1.63. The van der Waals surface area contributed by atoms with E-state index in [4.69, 9.17) is 4.52 Å². The second-order valence-corrected chi connectivity index (χ2v) is 4.12. The van der Waals surface area contributed by atoms with Crippen LogP contribution in [0.15, 0.2) is 28.9 Å². The number of pyridine rings is 1. The van der Waals surface area contributed by atoms with Crippen LogP contribution in [-0.4, -0.2) is 21.0 Å². The average molecular weight is 260 g/mol. The SMILES string of the molecule is CCCc1noc(CCC(=O)Nc2ccccn2)n1. The normalized spacial score (nSPS) is 10.4. The van der Waals surface area contributed by atoms with Crippen molar-refractivity contribution in [2.45, 2.75) is 32.6 Å². The molecule has 19 heavy (non-hydrogen) atoms. The molecule has 100 valence electrons. The van der Waals surface area contributed by atoms with Crippen LogP contribution >= 0.6 is 0 Å². The van der Waals surface area contributed by atoms with Crippen molar-refractivity contribution in [1.82, 2.24) is 15.1 Å². The van der Waals surface area contributed by atoms with E-state index in [0.717, 1.165) is 12.8 Å². The molecule has 0 saturated heterocycles. The van der Waals surface area contributed by atoms with Crippen LogP contribution < -0.4 is 5.32 Å². The maximum atomic E-state index is 11.7. The van der Waals surface area contributed by atoms with E-state index in [1.807, 2.05) is 6.07 Å². The third-order valence-corrected chi connectivity index (χ3v) is 2.48. The molecule has 6 nitrogen and oxygen atoms in total. The number of nitrogens with zero attached hydrogens (tertiary/aromatic N) is 3. The lowest BCUT2D eigenvalue weighted by Crippen LogP contribution is -2.13. The maximum absolute atomic E-state index is 11.7. The number of rotatable bonds is 6. The molecule has 0 atom stereocenters. The van der Waals surface area contributed by atoms with Crippen LogP contribution in [0, 0.1) is 0 Å². The first-order chi connectivity index (χ1) is 9.28. The van der Waals surface area contributed by atoms with Gasteiger partial charge >= 0.3 is 0 Å². The fourth-order valence-electron chi connectivity index (χ4n) is 1.58. The number of hydrogen-bond acceptors (Lipinski definition) is 5. The Hall–Kier alpha value is -2.24. The van der Waals surface area contributed by atoms with Crippen LogP contribution in [0.3, 0.4) is 0 Å². The van der Waals surface area contributed by atoms with Gasteiger partial charge < -0.3 is 9.84 Å². The van der Waals surface area contributed by atoms with E-state index in [1.165, 1.54) is 0 Å². The van der Waals surface area contributed by atoms with Gasteiger partial charge in [0, 0.05) is 25.5 Å². The number of nitrogens with one attached hydrogen (secondary N) is 1. The van der Waals surface area contributed by atoms with Crippen LogP contribution in [0.4, 0.5) is 5.82 Å². The van der Waals surface area contributed by atoms with E-state index in [2.05, 4.69) is 27.4 Å². The molecule has 2 rings (SSSR count). The molecule has 1 N–H and O–H groups in total. The molecule has 0 spiro atoms. The summed E-state index contributed by atoms with van der Waals surface area (Å²) in [6.07, 6.45) is 4.13. The van der Waals surface area contributed by atoms with Crippen molar-refractivity contribution < 1.29 is 9.32 Å². The first-order valence-corrected chi connectivity index (χ1v) is 6.30. The van der Waals surface area contributed by atoms with Crippen LogP contribution in [0.25, 0.3) is 0 Å². The highest BCUT2D eigenvalue weighted by Crippen LogP contribution is 2.05. The Balaban J connectivity index is 1.79. The summed E-state index contributed by atoms with van der Waals surface area (Å²) in [6.45, 7) is 2.05. The van der Waals surface area contributed by atoms with Gasteiger partial charge in [-0.15, -0.1) is 0 Å². The third kappa shape index (κ3) is 4.17. The highest BCUT2D eigenvalue weighted by Gasteiger charge is 2.09. The van der Waals surface area contributed by atoms with Crippen molar-refractivity contribution in [3.63, 3.8) is 0 Å². The van der Waals surface area contributed by atoms with Gasteiger partial charge in [-0.2, -0.15) is 4.98 Å². The number of anilines is 1.